The lowest BCUT2D eigenvalue weighted by atomic mass is 9.97. The molecule has 0 radical (unpaired) electrons. The predicted molar refractivity (Wildman–Crippen MR) is 31.6 cm³/mol. The molecule has 2 N–H and O–H groups in total. The molecule has 0 aliphatic carbocycles. The molecule has 1 unspecified atom stereocenters. The molecule has 6 heavy (non-hydrogen) atoms. The lowest BCUT2D eigenvalue weighted by Gasteiger charge is -1.99. The Hall–Kier alpha value is 0.0249. The molecule has 0 saturated heterocycles. The molecule has 1 atom stereocenters. The Bertz CT molecular complexity index is 26.7. The molecule has 1 nitrogen and oxygen atoms in total. The van der Waals surface area contributed by atoms with E-state index in [2.05, 4.69) is 14.8 Å². The van der Waals surface area contributed by atoms with Crippen LogP contribution in [0.25, 0.3) is 0 Å². The minimum Gasteiger partial charge on any atom is -0.328 e. The predicted octanol–water partition coefficient (Wildman–Crippen LogP) is -0.225. The van der Waals surface area contributed by atoms with E-state index in [1.807, 2.05) is 0 Å². The summed E-state index contributed by atoms with van der Waals surface area (Å²) in [5.74, 6) is 0. The molecule has 0 rings (SSSR count). The molecule has 36 valence electrons. The summed E-state index contributed by atoms with van der Waals surface area (Å²) >= 11 is 0. The zero-order valence-corrected chi connectivity index (χ0v) is 4.57. The highest BCUT2D eigenvalue weighted by Gasteiger charge is 1.88. The number of hydrogen-bond donors (Lipinski definition) is 1. The third kappa shape index (κ3) is 2.27. The Balaban J connectivity index is 2.75. The number of hydrogen-bond acceptors (Lipinski definition) is 1. The van der Waals surface area contributed by atoms with Gasteiger partial charge >= 0.3 is 0 Å². The van der Waals surface area contributed by atoms with E-state index in [0.717, 1.165) is 12.7 Å². The summed E-state index contributed by atoms with van der Waals surface area (Å²) < 4.78 is 0. The average molecular weight is 85.0 g/mol. The highest BCUT2D eigenvalue weighted by molar-refractivity contribution is 6.08. The zero-order chi connectivity index (χ0) is 4.99. The van der Waals surface area contributed by atoms with Gasteiger partial charge in [-0.3, -0.25) is 0 Å². The molecule has 0 amide bonds. The van der Waals surface area contributed by atoms with Gasteiger partial charge in [-0.05, 0) is 12.5 Å². The van der Waals surface area contributed by atoms with Crippen LogP contribution in [-0.4, -0.2) is 13.9 Å². The van der Waals surface area contributed by atoms with Crippen LogP contribution < -0.4 is 5.73 Å². The molecule has 0 heterocycles. The Morgan fingerprint density at radius 3 is 2.33 bits per heavy atom. The maximum Gasteiger partial charge on any atom is 0.103 e. The van der Waals surface area contributed by atoms with Crippen LogP contribution in [-0.2, 0) is 0 Å². The smallest absolute Gasteiger partial charge is 0.103 e. The quantitative estimate of drug-likeness (QED) is 0.460. The molecule has 0 aromatic carbocycles. The SMILES string of the molecule is BCC(N)CC. The molecule has 0 bridgehead atoms. The molecular formula is C4H12BN. The van der Waals surface area contributed by atoms with Crippen molar-refractivity contribution in [1.29, 1.82) is 0 Å². The molecule has 2 heteroatoms. The maximum atomic E-state index is 5.47. The first-order valence-electron chi connectivity index (χ1n) is 2.56. The third-order valence-electron chi connectivity index (χ3n) is 1.05. The molecule has 0 saturated carbocycles. The number of nitrogens with two attached hydrogens (primary N) is 1. The molecule has 0 aromatic heterocycles. The second-order valence-electron chi connectivity index (χ2n) is 1.58. The standard InChI is InChI=1S/C4H12BN/c1-2-4(6)3-5/h4H,2-3,5-6H2,1H3. The van der Waals surface area contributed by atoms with E-state index >= 15 is 0 Å². The maximum absolute atomic E-state index is 5.47. The molecule has 0 fully saturated rings. The molecular weight excluding hydrogens is 72.9 g/mol. The van der Waals surface area contributed by atoms with Crippen molar-refractivity contribution < 1.29 is 0 Å². The fourth-order valence-electron chi connectivity index (χ4n) is 0.289. The third-order valence-corrected chi connectivity index (χ3v) is 1.05. The Morgan fingerprint density at radius 2 is 2.33 bits per heavy atom. The Labute approximate surface area is 40.3 Å². The fraction of sp³-hybridized carbons (Fsp3) is 1.00. The monoisotopic (exact) mass is 85.1 g/mol. The zero-order valence-electron chi connectivity index (χ0n) is 4.57. The second-order valence-corrected chi connectivity index (χ2v) is 1.58. The van der Waals surface area contributed by atoms with Crippen molar-refractivity contribution in [3.8, 4) is 0 Å². The fourth-order valence-corrected chi connectivity index (χ4v) is 0.289. The van der Waals surface area contributed by atoms with Crippen molar-refractivity contribution >= 4 is 7.85 Å². The molecule has 0 aromatic rings. The van der Waals surface area contributed by atoms with E-state index in [9.17, 15) is 0 Å². The summed E-state index contributed by atoms with van der Waals surface area (Å²) in [5, 5.41) is 0. The average Bonchev–Trinajstić information content (AvgIpc) is 1.65. The summed E-state index contributed by atoms with van der Waals surface area (Å²) in [6.45, 7) is 2.11. The summed E-state index contributed by atoms with van der Waals surface area (Å²) in [7, 11) is 2.11. The van der Waals surface area contributed by atoms with E-state index in [1.165, 1.54) is 0 Å². The van der Waals surface area contributed by atoms with Crippen LogP contribution in [0.5, 0.6) is 0 Å². The van der Waals surface area contributed by atoms with Crippen LogP contribution in [0.2, 0.25) is 6.32 Å². The Kier molecular flexibility index (Phi) is 3.24. The second kappa shape index (κ2) is 3.22. The first-order chi connectivity index (χ1) is 2.81. The summed E-state index contributed by atoms with van der Waals surface area (Å²) in [4.78, 5) is 0. The first kappa shape index (κ1) is 6.02. The van der Waals surface area contributed by atoms with E-state index < -0.39 is 0 Å². The van der Waals surface area contributed by atoms with Crippen molar-refractivity contribution in [3.05, 3.63) is 0 Å². The van der Waals surface area contributed by atoms with Gasteiger partial charge in [-0.15, -0.1) is 0 Å². The van der Waals surface area contributed by atoms with Crippen molar-refractivity contribution in [3.63, 3.8) is 0 Å². The highest BCUT2D eigenvalue weighted by Crippen LogP contribution is 1.86. The lowest BCUT2D eigenvalue weighted by Crippen LogP contribution is -2.16. The van der Waals surface area contributed by atoms with Crippen LogP contribution in [0.3, 0.4) is 0 Å². The topological polar surface area (TPSA) is 26.0 Å². The van der Waals surface area contributed by atoms with Crippen molar-refractivity contribution in [2.75, 3.05) is 0 Å². The van der Waals surface area contributed by atoms with Gasteiger partial charge in [-0.2, -0.15) is 0 Å². The van der Waals surface area contributed by atoms with Gasteiger partial charge in [0.2, 0.25) is 0 Å². The van der Waals surface area contributed by atoms with Gasteiger partial charge < -0.3 is 5.73 Å². The van der Waals surface area contributed by atoms with E-state index in [1.54, 1.807) is 0 Å². The van der Waals surface area contributed by atoms with Gasteiger partial charge in [-0.1, -0.05) is 13.2 Å². The Morgan fingerprint density at radius 1 is 1.83 bits per heavy atom. The lowest BCUT2D eigenvalue weighted by molar-refractivity contribution is 0.714. The summed E-state index contributed by atoms with van der Waals surface area (Å²) in [6, 6.07) is 0.435. The van der Waals surface area contributed by atoms with Gasteiger partial charge in [0.1, 0.15) is 7.85 Å². The highest BCUT2D eigenvalue weighted by atomic mass is 14.6. The summed E-state index contributed by atoms with van der Waals surface area (Å²) in [6.07, 6.45) is 2.22. The molecule has 0 aliphatic heterocycles. The van der Waals surface area contributed by atoms with E-state index in [-0.39, 0.29) is 0 Å². The number of rotatable bonds is 2. The van der Waals surface area contributed by atoms with E-state index in [4.69, 9.17) is 5.73 Å². The summed E-state index contributed by atoms with van der Waals surface area (Å²) in [5.41, 5.74) is 5.47. The van der Waals surface area contributed by atoms with Crippen LogP contribution in [0.1, 0.15) is 13.3 Å². The van der Waals surface area contributed by atoms with Gasteiger partial charge in [0, 0.05) is 0 Å². The van der Waals surface area contributed by atoms with Gasteiger partial charge in [-0.25, -0.2) is 0 Å². The minimum atomic E-state index is 0.435. The van der Waals surface area contributed by atoms with Crippen LogP contribution in [0.4, 0.5) is 0 Å². The van der Waals surface area contributed by atoms with Gasteiger partial charge in [0.25, 0.3) is 0 Å². The molecule has 0 spiro atoms. The molecule has 0 aliphatic rings. The van der Waals surface area contributed by atoms with E-state index in [0.29, 0.717) is 6.04 Å². The van der Waals surface area contributed by atoms with Gasteiger partial charge in [0.15, 0.2) is 0 Å². The van der Waals surface area contributed by atoms with Crippen LogP contribution >= 0.6 is 0 Å². The van der Waals surface area contributed by atoms with Crippen LogP contribution in [0.15, 0.2) is 0 Å². The first-order valence-corrected chi connectivity index (χ1v) is 2.56. The van der Waals surface area contributed by atoms with Gasteiger partial charge in [0.05, 0.1) is 0 Å². The van der Waals surface area contributed by atoms with Crippen molar-refractivity contribution in [2.45, 2.75) is 25.7 Å². The minimum absolute atomic E-state index is 0.435. The normalized spacial score (nSPS) is 14.3. The largest absolute Gasteiger partial charge is 0.328 e. The van der Waals surface area contributed by atoms with Crippen molar-refractivity contribution in [1.82, 2.24) is 0 Å². The van der Waals surface area contributed by atoms with Crippen molar-refractivity contribution in [2.24, 2.45) is 5.73 Å². The van der Waals surface area contributed by atoms with Crippen LogP contribution in [0, 0.1) is 0 Å².